The molecule has 0 saturated heterocycles. The van der Waals surface area contributed by atoms with Crippen LogP contribution in [-0.4, -0.2) is 42.4 Å². The first-order chi connectivity index (χ1) is 7.74. The van der Waals surface area contributed by atoms with E-state index in [1.165, 1.54) is 6.33 Å². The van der Waals surface area contributed by atoms with Gasteiger partial charge in [0.15, 0.2) is 6.33 Å². The predicted octanol–water partition coefficient (Wildman–Crippen LogP) is -0.908. The Kier molecular flexibility index (Phi) is 5.44. The van der Waals surface area contributed by atoms with E-state index in [-0.39, 0.29) is 5.91 Å². The average Bonchev–Trinajstić information content (AvgIpc) is 2.78. The molecule has 3 N–H and O–H groups in total. The quantitative estimate of drug-likeness (QED) is 0.626. The molecule has 0 spiro atoms. The topological polar surface area (TPSA) is 103 Å². The SMILES string of the molecule is COCCC(N)C(=O)NCCc1ncno1. The van der Waals surface area contributed by atoms with E-state index in [0.29, 0.717) is 31.9 Å². The molecule has 0 aliphatic rings. The maximum absolute atomic E-state index is 11.4. The van der Waals surface area contributed by atoms with Crippen molar-refractivity contribution in [2.24, 2.45) is 5.73 Å². The van der Waals surface area contributed by atoms with Crippen LogP contribution in [0.1, 0.15) is 12.3 Å². The van der Waals surface area contributed by atoms with Gasteiger partial charge < -0.3 is 20.3 Å². The highest BCUT2D eigenvalue weighted by Crippen LogP contribution is 1.92. The molecule has 1 atom stereocenters. The van der Waals surface area contributed by atoms with Crippen molar-refractivity contribution < 1.29 is 14.1 Å². The molecular formula is C9H16N4O3. The molecule has 0 bridgehead atoms. The zero-order valence-electron chi connectivity index (χ0n) is 9.18. The molecule has 1 heterocycles. The fourth-order valence-electron chi connectivity index (χ4n) is 1.11. The summed E-state index contributed by atoms with van der Waals surface area (Å²) in [6.45, 7) is 0.903. The molecule has 1 amide bonds. The monoisotopic (exact) mass is 228 g/mol. The molecule has 1 aromatic rings. The fourth-order valence-corrected chi connectivity index (χ4v) is 1.11. The van der Waals surface area contributed by atoms with Gasteiger partial charge in [-0.25, -0.2) is 0 Å². The molecule has 1 rings (SSSR count). The number of nitrogens with one attached hydrogen (secondary N) is 1. The Morgan fingerprint density at radius 1 is 1.75 bits per heavy atom. The molecular weight excluding hydrogens is 212 g/mol. The van der Waals surface area contributed by atoms with Crippen LogP contribution in [0.15, 0.2) is 10.9 Å². The number of aromatic nitrogens is 2. The van der Waals surface area contributed by atoms with E-state index in [9.17, 15) is 4.79 Å². The van der Waals surface area contributed by atoms with Crippen LogP contribution in [-0.2, 0) is 16.0 Å². The summed E-state index contributed by atoms with van der Waals surface area (Å²) < 4.78 is 9.61. The lowest BCUT2D eigenvalue weighted by atomic mass is 10.2. The Bertz CT molecular complexity index is 302. The third kappa shape index (κ3) is 4.37. The summed E-state index contributed by atoms with van der Waals surface area (Å²) >= 11 is 0. The van der Waals surface area contributed by atoms with Crippen LogP contribution >= 0.6 is 0 Å². The normalized spacial score (nSPS) is 12.4. The summed E-state index contributed by atoms with van der Waals surface area (Å²) in [6, 6.07) is -0.539. The van der Waals surface area contributed by atoms with Crippen LogP contribution in [0.2, 0.25) is 0 Å². The van der Waals surface area contributed by atoms with Crippen molar-refractivity contribution in [1.82, 2.24) is 15.5 Å². The average molecular weight is 228 g/mol. The first-order valence-electron chi connectivity index (χ1n) is 5.02. The highest BCUT2D eigenvalue weighted by molar-refractivity contribution is 5.81. The Hall–Kier alpha value is -1.47. The highest BCUT2D eigenvalue weighted by atomic mass is 16.5. The van der Waals surface area contributed by atoms with E-state index in [4.69, 9.17) is 15.0 Å². The number of amides is 1. The second-order valence-electron chi connectivity index (χ2n) is 3.26. The van der Waals surface area contributed by atoms with Crippen LogP contribution in [0.4, 0.5) is 0 Å². The van der Waals surface area contributed by atoms with Crippen molar-refractivity contribution in [3.63, 3.8) is 0 Å². The Labute approximate surface area is 93.3 Å². The summed E-state index contributed by atoms with van der Waals surface area (Å²) in [5, 5.41) is 6.14. The summed E-state index contributed by atoms with van der Waals surface area (Å²) in [5.74, 6) is 0.294. The predicted molar refractivity (Wildman–Crippen MR) is 55.5 cm³/mol. The summed E-state index contributed by atoms with van der Waals surface area (Å²) in [5.41, 5.74) is 5.62. The van der Waals surface area contributed by atoms with Crippen molar-refractivity contribution in [3.8, 4) is 0 Å². The number of carbonyl (C=O) groups is 1. The molecule has 7 heteroatoms. The Balaban J connectivity index is 2.14. The lowest BCUT2D eigenvalue weighted by Crippen LogP contribution is -2.41. The van der Waals surface area contributed by atoms with Gasteiger partial charge in [-0.15, -0.1) is 0 Å². The van der Waals surface area contributed by atoms with Gasteiger partial charge in [0.25, 0.3) is 0 Å². The fraction of sp³-hybridized carbons (Fsp3) is 0.667. The van der Waals surface area contributed by atoms with E-state index in [1.54, 1.807) is 7.11 Å². The summed E-state index contributed by atoms with van der Waals surface area (Å²) in [7, 11) is 1.57. The molecule has 0 fully saturated rings. The Morgan fingerprint density at radius 2 is 2.56 bits per heavy atom. The zero-order chi connectivity index (χ0) is 11.8. The zero-order valence-corrected chi connectivity index (χ0v) is 9.18. The lowest BCUT2D eigenvalue weighted by molar-refractivity contribution is -0.122. The molecule has 0 aliphatic carbocycles. The second kappa shape index (κ2) is 6.91. The largest absolute Gasteiger partial charge is 0.385 e. The first kappa shape index (κ1) is 12.6. The number of methoxy groups -OCH3 is 1. The van der Waals surface area contributed by atoms with Gasteiger partial charge in [-0.05, 0) is 6.42 Å². The first-order valence-corrected chi connectivity index (χ1v) is 5.02. The third-order valence-corrected chi connectivity index (χ3v) is 2.01. The molecule has 90 valence electrons. The summed E-state index contributed by atoms with van der Waals surface area (Å²) in [6.07, 6.45) is 2.33. The third-order valence-electron chi connectivity index (χ3n) is 2.01. The van der Waals surface area contributed by atoms with Crippen LogP contribution in [0, 0.1) is 0 Å². The van der Waals surface area contributed by atoms with Crippen LogP contribution < -0.4 is 11.1 Å². The molecule has 0 radical (unpaired) electrons. The van der Waals surface area contributed by atoms with Gasteiger partial charge >= 0.3 is 0 Å². The minimum absolute atomic E-state index is 0.198. The minimum atomic E-state index is -0.539. The van der Waals surface area contributed by atoms with Crippen LogP contribution in [0.5, 0.6) is 0 Å². The second-order valence-corrected chi connectivity index (χ2v) is 3.26. The van der Waals surface area contributed by atoms with Crippen LogP contribution in [0.3, 0.4) is 0 Å². The van der Waals surface area contributed by atoms with E-state index in [1.807, 2.05) is 0 Å². The lowest BCUT2D eigenvalue weighted by Gasteiger charge is -2.10. The smallest absolute Gasteiger partial charge is 0.237 e. The molecule has 1 unspecified atom stereocenters. The van der Waals surface area contributed by atoms with Gasteiger partial charge in [0.05, 0.1) is 6.04 Å². The van der Waals surface area contributed by atoms with Crippen molar-refractivity contribution in [1.29, 1.82) is 0 Å². The molecule has 0 saturated carbocycles. The number of nitrogens with zero attached hydrogens (tertiary/aromatic N) is 2. The van der Waals surface area contributed by atoms with Crippen molar-refractivity contribution in [2.75, 3.05) is 20.3 Å². The van der Waals surface area contributed by atoms with E-state index >= 15 is 0 Å². The molecule has 1 aromatic heterocycles. The standard InChI is InChI=1S/C9H16N4O3/c1-15-5-3-7(10)9(14)11-4-2-8-12-6-13-16-8/h6-7H,2-5,10H2,1H3,(H,11,14). The van der Waals surface area contributed by atoms with Gasteiger partial charge in [-0.1, -0.05) is 5.16 Å². The minimum Gasteiger partial charge on any atom is -0.385 e. The van der Waals surface area contributed by atoms with E-state index in [2.05, 4.69) is 15.5 Å². The molecule has 7 nitrogen and oxygen atoms in total. The maximum atomic E-state index is 11.4. The summed E-state index contributed by atoms with van der Waals surface area (Å²) in [4.78, 5) is 15.2. The maximum Gasteiger partial charge on any atom is 0.237 e. The Morgan fingerprint density at radius 3 is 3.19 bits per heavy atom. The van der Waals surface area contributed by atoms with Gasteiger partial charge in [0.2, 0.25) is 11.8 Å². The number of nitrogens with two attached hydrogens (primary N) is 1. The van der Waals surface area contributed by atoms with Gasteiger partial charge in [-0.3, -0.25) is 4.79 Å². The van der Waals surface area contributed by atoms with Gasteiger partial charge in [0.1, 0.15) is 0 Å². The molecule has 0 aromatic carbocycles. The van der Waals surface area contributed by atoms with Crippen molar-refractivity contribution >= 4 is 5.91 Å². The van der Waals surface area contributed by atoms with E-state index < -0.39 is 6.04 Å². The highest BCUT2D eigenvalue weighted by Gasteiger charge is 2.12. The molecule has 16 heavy (non-hydrogen) atoms. The van der Waals surface area contributed by atoms with E-state index in [0.717, 1.165) is 0 Å². The number of ether oxygens (including phenoxy) is 1. The van der Waals surface area contributed by atoms with Crippen LogP contribution in [0.25, 0.3) is 0 Å². The number of hydrogen-bond acceptors (Lipinski definition) is 6. The number of carbonyl (C=O) groups excluding carboxylic acids is 1. The van der Waals surface area contributed by atoms with Crippen molar-refractivity contribution in [3.05, 3.63) is 12.2 Å². The number of rotatable bonds is 7. The number of hydrogen-bond donors (Lipinski definition) is 2. The van der Waals surface area contributed by atoms with Crippen molar-refractivity contribution in [2.45, 2.75) is 18.9 Å². The van der Waals surface area contributed by atoms with Gasteiger partial charge in [-0.2, -0.15) is 4.98 Å². The molecule has 0 aliphatic heterocycles. The van der Waals surface area contributed by atoms with Gasteiger partial charge in [0, 0.05) is 26.7 Å².